The number of fused-ring (bicyclic) bond motifs is 1. The maximum atomic E-state index is 13.4. The predicted octanol–water partition coefficient (Wildman–Crippen LogP) is 3.43. The molecule has 1 amide bonds. The van der Waals surface area contributed by atoms with Gasteiger partial charge in [0.15, 0.2) is 5.13 Å². The fourth-order valence-electron chi connectivity index (χ4n) is 2.87. The Hall–Kier alpha value is -1.89. The lowest BCUT2D eigenvalue weighted by atomic mass is 10.1. The first-order valence-corrected chi connectivity index (χ1v) is 11.1. The van der Waals surface area contributed by atoms with Crippen LogP contribution < -0.4 is 9.80 Å². The first-order chi connectivity index (χ1) is 12.9. The third-order valence-electron chi connectivity index (χ3n) is 4.64. The Balaban J connectivity index is 2.04. The summed E-state index contributed by atoms with van der Waals surface area (Å²) < 4.78 is 1.13. The normalized spacial score (nSPS) is 11.3. The van der Waals surface area contributed by atoms with Gasteiger partial charge in [0.05, 0.1) is 43.0 Å². The predicted molar refractivity (Wildman–Crippen MR) is 117 cm³/mol. The van der Waals surface area contributed by atoms with Crippen molar-refractivity contribution in [1.29, 1.82) is 0 Å². The second-order valence-electron chi connectivity index (χ2n) is 7.01. The molecular formula is C21H26N3OS2+. The standard InChI is InChI=1S/C21H25N3OS2/c1-14-12-17-19(13-15(14)2)27-21(22-17)24(11-10-23(3)4)20(25)16-8-6-7-9-18(16)26-5/h6-9,12-13H,10-11H2,1-5H3/p+1. The molecule has 0 atom stereocenters. The van der Waals surface area contributed by atoms with Crippen molar-refractivity contribution in [2.45, 2.75) is 18.7 Å². The molecule has 0 saturated carbocycles. The average Bonchev–Trinajstić information content (AvgIpc) is 3.04. The highest BCUT2D eigenvalue weighted by molar-refractivity contribution is 7.98. The van der Waals surface area contributed by atoms with E-state index in [9.17, 15) is 4.79 Å². The van der Waals surface area contributed by atoms with Crippen LogP contribution in [0.3, 0.4) is 0 Å². The molecule has 1 aromatic heterocycles. The third-order valence-corrected chi connectivity index (χ3v) is 6.48. The number of aromatic nitrogens is 1. The van der Waals surface area contributed by atoms with Crippen molar-refractivity contribution in [3.05, 3.63) is 53.1 Å². The number of likely N-dealkylation sites (N-methyl/N-ethyl adjacent to an activating group) is 1. The molecule has 0 aliphatic heterocycles. The Morgan fingerprint density at radius 2 is 1.89 bits per heavy atom. The van der Waals surface area contributed by atoms with Gasteiger partial charge in [-0.15, -0.1) is 11.8 Å². The number of nitrogens with zero attached hydrogens (tertiary/aromatic N) is 2. The summed E-state index contributed by atoms with van der Waals surface area (Å²) in [5.74, 6) is 0.0219. The van der Waals surface area contributed by atoms with Crippen LogP contribution in [0.15, 0.2) is 41.3 Å². The van der Waals surface area contributed by atoms with E-state index < -0.39 is 0 Å². The molecule has 1 N–H and O–H groups in total. The number of hydrogen-bond acceptors (Lipinski definition) is 4. The van der Waals surface area contributed by atoms with E-state index in [0.29, 0.717) is 6.54 Å². The lowest BCUT2D eigenvalue weighted by Gasteiger charge is -2.21. The third kappa shape index (κ3) is 4.34. The molecule has 3 rings (SSSR count). The molecule has 3 aromatic rings. The lowest BCUT2D eigenvalue weighted by molar-refractivity contribution is -0.856. The number of hydrogen-bond donors (Lipinski definition) is 1. The van der Waals surface area contributed by atoms with Crippen LogP contribution in [-0.2, 0) is 0 Å². The Kier molecular flexibility index (Phi) is 6.19. The molecule has 142 valence electrons. The van der Waals surface area contributed by atoms with Gasteiger partial charge >= 0.3 is 0 Å². The molecule has 0 saturated heterocycles. The molecule has 4 nitrogen and oxygen atoms in total. The van der Waals surface area contributed by atoms with Gasteiger partial charge in [-0.1, -0.05) is 23.5 Å². The molecule has 2 aromatic carbocycles. The molecule has 27 heavy (non-hydrogen) atoms. The molecule has 6 heteroatoms. The van der Waals surface area contributed by atoms with Gasteiger partial charge in [-0.05, 0) is 55.5 Å². The number of carbonyl (C=O) groups excluding carboxylic acids is 1. The number of anilines is 1. The maximum Gasteiger partial charge on any atom is 0.261 e. The second kappa shape index (κ2) is 8.42. The van der Waals surface area contributed by atoms with Crippen molar-refractivity contribution in [2.24, 2.45) is 0 Å². The number of nitrogens with one attached hydrogen (secondary N) is 1. The van der Waals surface area contributed by atoms with E-state index in [4.69, 9.17) is 4.98 Å². The van der Waals surface area contributed by atoms with Crippen molar-refractivity contribution < 1.29 is 9.69 Å². The van der Waals surface area contributed by atoms with Gasteiger partial charge in [-0.2, -0.15) is 0 Å². The molecule has 0 aliphatic carbocycles. The summed E-state index contributed by atoms with van der Waals surface area (Å²) in [6, 6.07) is 12.1. The fraction of sp³-hybridized carbons (Fsp3) is 0.333. The Morgan fingerprint density at radius 1 is 1.19 bits per heavy atom. The molecule has 0 bridgehead atoms. The van der Waals surface area contributed by atoms with Crippen LogP contribution in [0.25, 0.3) is 10.2 Å². The maximum absolute atomic E-state index is 13.4. The summed E-state index contributed by atoms with van der Waals surface area (Å²) in [5.41, 5.74) is 4.18. The fourth-order valence-corrected chi connectivity index (χ4v) is 4.53. The summed E-state index contributed by atoms with van der Waals surface area (Å²) in [6.45, 7) is 5.71. The van der Waals surface area contributed by atoms with Crippen LogP contribution in [0.4, 0.5) is 5.13 Å². The Morgan fingerprint density at radius 3 is 2.59 bits per heavy atom. The van der Waals surface area contributed by atoms with E-state index >= 15 is 0 Å². The van der Waals surface area contributed by atoms with Crippen molar-refractivity contribution in [2.75, 3.05) is 38.3 Å². The largest absolute Gasteiger partial charge is 0.338 e. The van der Waals surface area contributed by atoms with Gasteiger partial charge in [0.25, 0.3) is 5.91 Å². The van der Waals surface area contributed by atoms with E-state index in [1.54, 1.807) is 23.1 Å². The van der Waals surface area contributed by atoms with Gasteiger partial charge < -0.3 is 4.90 Å². The van der Waals surface area contributed by atoms with E-state index in [1.165, 1.54) is 16.0 Å². The van der Waals surface area contributed by atoms with E-state index in [-0.39, 0.29) is 5.91 Å². The molecular weight excluding hydrogens is 374 g/mol. The van der Waals surface area contributed by atoms with Gasteiger partial charge in [-0.25, -0.2) is 4.98 Å². The van der Waals surface area contributed by atoms with Crippen molar-refractivity contribution >= 4 is 44.4 Å². The summed E-state index contributed by atoms with van der Waals surface area (Å²) in [4.78, 5) is 22.4. The van der Waals surface area contributed by atoms with Crippen LogP contribution in [0.5, 0.6) is 0 Å². The molecule has 0 radical (unpaired) electrons. The number of carbonyl (C=O) groups is 1. The number of thioether (sulfide) groups is 1. The lowest BCUT2D eigenvalue weighted by Crippen LogP contribution is -3.06. The van der Waals surface area contributed by atoms with Crippen molar-refractivity contribution in [3.8, 4) is 0 Å². The van der Waals surface area contributed by atoms with Crippen LogP contribution in [0, 0.1) is 13.8 Å². The highest BCUT2D eigenvalue weighted by Crippen LogP contribution is 2.32. The van der Waals surface area contributed by atoms with Gasteiger partial charge in [-0.3, -0.25) is 9.69 Å². The van der Waals surface area contributed by atoms with Crippen LogP contribution >= 0.6 is 23.1 Å². The summed E-state index contributed by atoms with van der Waals surface area (Å²) in [6.07, 6.45) is 2.00. The first-order valence-electron chi connectivity index (χ1n) is 9.02. The SMILES string of the molecule is CSc1ccccc1C(=O)N(CC[NH+](C)C)c1nc2cc(C)c(C)cc2s1. The van der Waals surface area contributed by atoms with Gasteiger partial charge in [0.2, 0.25) is 0 Å². The number of rotatable bonds is 6. The smallest absolute Gasteiger partial charge is 0.261 e. The number of quaternary nitrogens is 1. The summed E-state index contributed by atoms with van der Waals surface area (Å²) in [5, 5.41) is 0.775. The molecule has 0 unspecified atom stereocenters. The van der Waals surface area contributed by atoms with Crippen molar-refractivity contribution in [3.63, 3.8) is 0 Å². The molecule has 0 spiro atoms. The van der Waals surface area contributed by atoms with Crippen LogP contribution in [0.2, 0.25) is 0 Å². The average molecular weight is 401 g/mol. The second-order valence-corrected chi connectivity index (χ2v) is 8.87. The highest BCUT2D eigenvalue weighted by Gasteiger charge is 2.24. The summed E-state index contributed by atoms with van der Waals surface area (Å²) >= 11 is 3.19. The zero-order chi connectivity index (χ0) is 19.6. The van der Waals surface area contributed by atoms with E-state index in [1.807, 2.05) is 35.4 Å². The zero-order valence-corrected chi connectivity index (χ0v) is 18.1. The Bertz CT molecular complexity index is 926. The molecule has 0 fully saturated rings. The molecule has 1 heterocycles. The minimum atomic E-state index is 0.0219. The zero-order valence-electron chi connectivity index (χ0n) is 16.5. The minimum Gasteiger partial charge on any atom is -0.338 e. The van der Waals surface area contributed by atoms with Crippen molar-refractivity contribution in [1.82, 2.24) is 4.98 Å². The number of benzene rings is 2. The Labute approximate surface area is 169 Å². The van der Waals surface area contributed by atoms with Gasteiger partial charge in [0, 0.05) is 4.90 Å². The number of amides is 1. The topological polar surface area (TPSA) is 37.6 Å². The van der Waals surface area contributed by atoms with Gasteiger partial charge in [0.1, 0.15) is 0 Å². The highest BCUT2D eigenvalue weighted by atomic mass is 32.2. The van der Waals surface area contributed by atoms with Crippen LogP contribution in [-0.4, -0.2) is 44.3 Å². The monoisotopic (exact) mass is 400 g/mol. The van der Waals surface area contributed by atoms with E-state index in [0.717, 1.165) is 32.4 Å². The summed E-state index contributed by atoms with van der Waals surface area (Å²) in [7, 11) is 4.20. The number of aryl methyl sites for hydroxylation is 2. The number of thiazole rings is 1. The first kappa shape index (κ1) is 19.9. The quantitative estimate of drug-likeness (QED) is 0.644. The van der Waals surface area contributed by atoms with E-state index in [2.05, 4.69) is 40.1 Å². The minimum absolute atomic E-state index is 0.0219. The molecule has 0 aliphatic rings. The van der Waals surface area contributed by atoms with Crippen LogP contribution in [0.1, 0.15) is 21.5 Å².